The Morgan fingerprint density at radius 2 is 2.11 bits per heavy atom. The van der Waals surface area contributed by atoms with Gasteiger partial charge in [-0.05, 0) is 18.7 Å². The molecule has 0 aliphatic carbocycles. The highest BCUT2D eigenvalue weighted by Gasteiger charge is 2.17. The number of pyridine rings is 1. The van der Waals surface area contributed by atoms with Crippen LogP contribution in [0, 0.1) is 0 Å². The third-order valence-corrected chi connectivity index (χ3v) is 3.43. The molecule has 0 spiro atoms. The molecule has 0 radical (unpaired) electrons. The van der Waals surface area contributed by atoms with Crippen molar-refractivity contribution in [2.45, 2.75) is 6.04 Å². The molecule has 4 nitrogen and oxygen atoms in total. The van der Waals surface area contributed by atoms with Gasteiger partial charge in [0, 0.05) is 37.8 Å². The van der Waals surface area contributed by atoms with Gasteiger partial charge in [0.2, 0.25) is 0 Å². The molecule has 0 saturated carbocycles. The lowest BCUT2D eigenvalue weighted by atomic mass is 10.0. The number of ether oxygens (including phenoxy) is 1. The topological polar surface area (TPSA) is 51.4 Å². The van der Waals surface area contributed by atoms with Crippen LogP contribution in [0.5, 0.6) is 0 Å². The molecule has 0 aliphatic heterocycles. The van der Waals surface area contributed by atoms with Crippen molar-refractivity contribution in [3.05, 3.63) is 42.1 Å². The number of nitrogens with zero attached hydrogens (tertiary/aromatic N) is 2. The minimum Gasteiger partial charge on any atom is -0.383 e. The first kappa shape index (κ1) is 13.9. The summed E-state index contributed by atoms with van der Waals surface area (Å²) in [6.45, 7) is 2.11. The number of rotatable bonds is 6. The Morgan fingerprint density at radius 3 is 2.84 bits per heavy atom. The molecule has 1 aromatic heterocycles. The summed E-state index contributed by atoms with van der Waals surface area (Å²) in [6.07, 6.45) is 1.83. The first-order chi connectivity index (χ1) is 9.27. The van der Waals surface area contributed by atoms with Crippen molar-refractivity contribution in [3.63, 3.8) is 0 Å². The average molecular weight is 259 g/mol. The first-order valence-corrected chi connectivity index (χ1v) is 6.50. The van der Waals surface area contributed by atoms with E-state index < -0.39 is 0 Å². The normalized spacial score (nSPS) is 13.1. The maximum Gasteiger partial charge on any atom is 0.0750 e. The molecule has 0 bridgehead atoms. The van der Waals surface area contributed by atoms with E-state index in [0.29, 0.717) is 13.2 Å². The number of nitrogens with two attached hydrogens (primary N) is 1. The molecular formula is C15H21N3O. The molecule has 2 aromatic rings. The van der Waals surface area contributed by atoms with Crippen LogP contribution in [-0.2, 0) is 4.74 Å². The maximum atomic E-state index is 5.96. The SMILES string of the molecule is COCCN(C)C(CN)c1cccc2cccnc12. The third-order valence-electron chi connectivity index (χ3n) is 3.43. The summed E-state index contributed by atoms with van der Waals surface area (Å²) in [7, 11) is 3.78. The van der Waals surface area contributed by atoms with Crippen LogP contribution in [0.15, 0.2) is 36.5 Å². The fraction of sp³-hybridized carbons (Fsp3) is 0.400. The summed E-state index contributed by atoms with van der Waals surface area (Å²) in [5, 5.41) is 1.15. The zero-order valence-corrected chi connectivity index (χ0v) is 11.5. The zero-order valence-electron chi connectivity index (χ0n) is 11.5. The zero-order chi connectivity index (χ0) is 13.7. The summed E-state index contributed by atoms with van der Waals surface area (Å²) in [5.41, 5.74) is 8.17. The van der Waals surface area contributed by atoms with E-state index in [2.05, 4.69) is 41.2 Å². The van der Waals surface area contributed by atoms with E-state index in [0.717, 1.165) is 17.4 Å². The smallest absolute Gasteiger partial charge is 0.0750 e. The number of likely N-dealkylation sites (N-methyl/N-ethyl adjacent to an activating group) is 1. The lowest BCUT2D eigenvalue weighted by molar-refractivity contribution is 0.141. The van der Waals surface area contributed by atoms with E-state index in [1.165, 1.54) is 5.56 Å². The highest BCUT2D eigenvalue weighted by atomic mass is 16.5. The molecule has 2 N–H and O–H groups in total. The second kappa shape index (κ2) is 6.61. The molecular weight excluding hydrogens is 238 g/mol. The highest BCUT2D eigenvalue weighted by molar-refractivity contribution is 5.82. The molecule has 1 atom stereocenters. The van der Waals surface area contributed by atoms with Gasteiger partial charge < -0.3 is 10.5 Å². The van der Waals surface area contributed by atoms with Gasteiger partial charge in [0.15, 0.2) is 0 Å². The van der Waals surface area contributed by atoms with Gasteiger partial charge in [0.25, 0.3) is 0 Å². The van der Waals surface area contributed by atoms with Crippen molar-refractivity contribution in [3.8, 4) is 0 Å². The first-order valence-electron chi connectivity index (χ1n) is 6.50. The molecule has 1 heterocycles. The predicted octanol–water partition coefficient (Wildman–Crippen LogP) is 1.81. The molecule has 1 unspecified atom stereocenters. The van der Waals surface area contributed by atoms with E-state index in [4.69, 9.17) is 10.5 Å². The Labute approximate surface area is 114 Å². The minimum absolute atomic E-state index is 0.161. The Hall–Kier alpha value is -1.49. The minimum atomic E-state index is 0.161. The Bertz CT molecular complexity index is 524. The summed E-state index contributed by atoms with van der Waals surface area (Å²) in [6, 6.07) is 10.4. The molecule has 0 saturated heterocycles. The molecule has 102 valence electrons. The van der Waals surface area contributed by atoms with Crippen LogP contribution in [0.4, 0.5) is 0 Å². The number of methoxy groups -OCH3 is 1. The fourth-order valence-electron chi connectivity index (χ4n) is 2.33. The Kier molecular flexibility index (Phi) is 4.85. The highest BCUT2D eigenvalue weighted by Crippen LogP contribution is 2.25. The van der Waals surface area contributed by atoms with Gasteiger partial charge in [-0.1, -0.05) is 24.3 Å². The number of aromatic nitrogens is 1. The standard InChI is InChI=1S/C15H21N3O/c1-18(9-10-19-2)14(11-16)13-7-3-5-12-6-4-8-17-15(12)13/h3-8,14H,9-11,16H2,1-2H3. The van der Waals surface area contributed by atoms with Gasteiger partial charge in [-0.3, -0.25) is 9.88 Å². The predicted molar refractivity (Wildman–Crippen MR) is 78.0 cm³/mol. The summed E-state index contributed by atoms with van der Waals surface area (Å²) in [4.78, 5) is 6.71. The largest absolute Gasteiger partial charge is 0.383 e. The van der Waals surface area contributed by atoms with Gasteiger partial charge in [-0.25, -0.2) is 0 Å². The molecule has 0 amide bonds. The summed E-state index contributed by atoms with van der Waals surface area (Å²) in [5.74, 6) is 0. The van der Waals surface area contributed by atoms with E-state index >= 15 is 0 Å². The number of benzene rings is 1. The van der Waals surface area contributed by atoms with Crippen LogP contribution >= 0.6 is 0 Å². The third kappa shape index (κ3) is 3.10. The molecule has 4 heteroatoms. The van der Waals surface area contributed by atoms with Gasteiger partial charge in [-0.15, -0.1) is 0 Å². The summed E-state index contributed by atoms with van der Waals surface area (Å²) < 4.78 is 5.13. The van der Waals surface area contributed by atoms with Crippen LogP contribution in [0.1, 0.15) is 11.6 Å². The van der Waals surface area contributed by atoms with E-state index in [1.807, 2.05) is 12.3 Å². The Morgan fingerprint density at radius 1 is 1.32 bits per heavy atom. The molecule has 2 rings (SSSR count). The van der Waals surface area contributed by atoms with Crippen molar-refractivity contribution in [2.75, 3.05) is 33.9 Å². The lowest BCUT2D eigenvalue weighted by Gasteiger charge is -2.27. The van der Waals surface area contributed by atoms with Gasteiger partial charge >= 0.3 is 0 Å². The quantitative estimate of drug-likeness (QED) is 0.859. The van der Waals surface area contributed by atoms with Crippen LogP contribution < -0.4 is 5.73 Å². The van der Waals surface area contributed by atoms with Crippen molar-refractivity contribution in [2.24, 2.45) is 5.73 Å². The van der Waals surface area contributed by atoms with E-state index in [-0.39, 0.29) is 6.04 Å². The fourth-order valence-corrected chi connectivity index (χ4v) is 2.33. The van der Waals surface area contributed by atoms with Crippen molar-refractivity contribution in [1.29, 1.82) is 0 Å². The maximum absolute atomic E-state index is 5.96. The molecule has 0 aliphatic rings. The number of hydrogen-bond acceptors (Lipinski definition) is 4. The van der Waals surface area contributed by atoms with Gasteiger partial charge in [0.1, 0.15) is 0 Å². The average Bonchev–Trinajstić information content (AvgIpc) is 2.46. The summed E-state index contributed by atoms with van der Waals surface area (Å²) >= 11 is 0. The van der Waals surface area contributed by atoms with Crippen molar-refractivity contribution >= 4 is 10.9 Å². The van der Waals surface area contributed by atoms with Crippen LogP contribution in [0.2, 0.25) is 0 Å². The molecule has 19 heavy (non-hydrogen) atoms. The van der Waals surface area contributed by atoms with Crippen molar-refractivity contribution in [1.82, 2.24) is 9.88 Å². The monoisotopic (exact) mass is 259 g/mol. The second-order valence-corrected chi connectivity index (χ2v) is 4.65. The van der Waals surface area contributed by atoms with Crippen LogP contribution in [-0.4, -0.2) is 43.7 Å². The van der Waals surface area contributed by atoms with E-state index in [1.54, 1.807) is 7.11 Å². The second-order valence-electron chi connectivity index (χ2n) is 4.65. The van der Waals surface area contributed by atoms with E-state index in [9.17, 15) is 0 Å². The van der Waals surface area contributed by atoms with Crippen LogP contribution in [0.25, 0.3) is 10.9 Å². The number of para-hydroxylation sites is 1. The lowest BCUT2D eigenvalue weighted by Crippen LogP contribution is -2.33. The van der Waals surface area contributed by atoms with Crippen molar-refractivity contribution < 1.29 is 4.74 Å². The molecule has 1 aromatic carbocycles. The number of hydrogen-bond donors (Lipinski definition) is 1. The van der Waals surface area contributed by atoms with Gasteiger partial charge in [-0.2, -0.15) is 0 Å². The number of fused-ring (bicyclic) bond motifs is 1. The van der Waals surface area contributed by atoms with Crippen LogP contribution in [0.3, 0.4) is 0 Å². The van der Waals surface area contributed by atoms with Gasteiger partial charge in [0.05, 0.1) is 12.1 Å². The Balaban J connectivity index is 2.35. The molecule has 0 fully saturated rings.